The molecule has 1 spiro atoms. The molecule has 2 aliphatic rings. The second-order valence-electron chi connectivity index (χ2n) is 5.12. The Kier molecular flexibility index (Phi) is 2.26. The predicted octanol–water partition coefficient (Wildman–Crippen LogP) is 3.04. The topological polar surface area (TPSA) is 58.9 Å². The van der Waals surface area contributed by atoms with E-state index in [9.17, 15) is 10.2 Å². The molecule has 0 radical (unpaired) electrons. The molecule has 0 amide bonds. The van der Waals surface area contributed by atoms with Crippen molar-refractivity contribution in [1.82, 2.24) is 0 Å². The third-order valence-corrected chi connectivity index (χ3v) is 4.11. The number of phenolic OH excluding ortho intramolecular Hbond substituents is 2. The average Bonchev–Trinajstić information content (AvgIpc) is 2.37. The summed E-state index contributed by atoms with van der Waals surface area (Å²) in [4.78, 5) is 0. The minimum absolute atomic E-state index is 0.0301. The van der Waals surface area contributed by atoms with Crippen LogP contribution in [0.15, 0.2) is 30.3 Å². The first-order chi connectivity index (χ1) is 9.59. The lowest BCUT2D eigenvalue weighted by Crippen LogP contribution is -2.52. The van der Waals surface area contributed by atoms with E-state index in [-0.39, 0.29) is 11.5 Å². The lowest BCUT2D eigenvalue weighted by atomic mass is 9.82. The summed E-state index contributed by atoms with van der Waals surface area (Å²) in [5.74, 6) is 0.776. The van der Waals surface area contributed by atoms with Crippen LogP contribution in [0.25, 0.3) is 11.1 Å². The van der Waals surface area contributed by atoms with E-state index in [1.807, 2.05) is 0 Å². The van der Waals surface area contributed by atoms with Gasteiger partial charge in [0, 0.05) is 17.2 Å². The summed E-state index contributed by atoms with van der Waals surface area (Å²) in [5.41, 5.74) is 2.01. The summed E-state index contributed by atoms with van der Waals surface area (Å²) < 4.78 is 11.3. The zero-order chi connectivity index (χ0) is 13.9. The molecule has 4 rings (SSSR count). The second kappa shape index (κ2) is 3.81. The average molecular weight is 291 g/mol. The predicted molar refractivity (Wildman–Crippen MR) is 73.3 cm³/mol. The van der Waals surface area contributed by atoms with Crippen LogP contribution < -0.4 is 4.74 Å². The maximum absolute atomic E-state index is 9.85. The van der Waals surface area contributed by atoms with Crippen LogP contribution in [0.4, 0.5) is 0 Å². The van der Waals surface area contributed by atoms with Crippen molar-refractivity contribution in [3.8, 4) is 28.4 Å². The van der Waals surface area contributed by atoms with E-state index in [2.05, 4.69) is 0 Å². The van der Waals surface area contributed by atoms with Crippen LogP contribution in [0.5, 0.6) is 17.2 Å². The van der Waals surface area contributed by atoms with E-state index >= 15 is 0 Å². The van der Waals surface area contributed by atoms with Crippen LogP contribution in [0.1, 0.15) is 5.56 Å². The molecule has 1 fully saturated rings. The second-order valence-corrected chi connectivity index (χ2v) is 5.53. The van der Waals surface area contributed by atoms with Gasteiger partial charge in [0.1, 0.15) is 17.2 Å². The fourth-order valence-corrected chi connectivity index (χ4v) is 2.91. The Labute approximate surface area is 120 Å². The molecule has 102 valence electrons. The Balaban J connectivity index is 2.02. The zero-order valence-electron chi connectivity index (χ0n) is 10.4. The van der Waals surface area contributed by atoms with Crippen LogP contribution in [-0.2, 0) is 10.3 Å². The molecule has 4 nitrogen and oxygen atoms in total. The van der Waals surface area contributed by atoms with Crippen LogP contribution in [-0.4, -0.2) is 23.4 Å². The van der Waals surface area contributed by atoms with Crippen LogP contribution in [0.2, 0.25) is 5.02 Å². The van der Waals surface area contributed by atoms with Gasteiger partial charge in [-0.15, -0.1) is 0 Å². The number of halogens is 1. The molecule has 0 bridgehead atoms. The lowest BCUT2D eigenvalue weighted by molar-refractivity contribution is -0.169. The standard InChI is InChI=1S/C15H11ClO4/c16-12-4-10-9-2-1-8(17)3-14(9)20-15(6-19-7-15)11(10)5-13(12)18/h1-5,17-18H,6-7H2. The van der Waals surface area contributed by atoms with E-state index in [1.54, 1.807) is 30.3 Å². The van der Waals surface area contributed by atoms with Crippen LogP contribution in [0.3, 0.4) is 0 Å². The van der Waals surface area contributed by atoms with Crippen molar-refractivity contribution in [2.75, 3.05) is 13.2 Å². The molecule has 1 saturated heterocycles. The van der Waals surface area contributed by atoms with E-state index in [4.69, 9.17) is 21.1 Å². The molecule has 0 saturated carbocycles. The molecule has 2 aliphatic heterocycles. The van der Waals surface area contributed by atoms with Gasteiger partial charge in [-0.2, -0.15) is 0 Å². The Morgan fingerprint density at radius 2 is 1.85 bits per heavy atom. The number of ether oxygens (including phenoxy) is 2. The molecular weight excluding hydrogens is 280 g/mol. The third kappa shape index (κ3) is 1.46. The molecule has 0 atom stereocenters. The van der Waals surface area contributed by atoms with Gasteiger partial charge in [-0.3, -0.25) is 0 Å². The molecule has 0 aromatic heterocycles. The zero-order valence-corrected chi connectivity index (χ0v) is 11.1. The number of benzene rings is 2. The van der Waals surface area contributed by atoms with Gasteiger partial charge in [0.05, 0.1) is 18.2 Å². The highest BCUT2D eigenvalue weighted by atomic mass is 35.5. The van der Waals surface area contributed by atoms with E-state index < -0.39 is 5.60 Å². The quantitative estimate of drug-likeness (QED) is 0.783. The molecule has 2 heterocycles. The number of hydrogen-bond donors (Lipinski definition) is 2. The number of fused-ring (bicyclic) bond motifs is 4. The van der Waals surface area contributed by atoms with Gasteiger partial charge in [-0.05, 0) is 29.8 Å². The smallest absolute Gasteiger partial charge is 0.181 e. The number of rotatable bonds is 0. The summed E-state index contributed by atoms with van der Waals surface area (Å²) in [6.07, 6.45) is 0. The maximum Gasteiger partial charge on any atom is 0.181 e. The molecule has 20 heavy (non-hydrogen) atoms. The minimum atomic E-state index is -0.599. The van der Waals surface area contributed by atoms with Gasteiger partial charge < -0.3 is 19.7 Å². The molecule has 2 aromatic rings. The highest BCUT2D eigenvalue weighted by Gasteiger charge is 2.48. The first kappa shape index (κ1) is 11.9. The highest BCUT2D eigenvalue weighted by Crippen LogP contribution is 2.51. The molecule has 0 aliphatic carbocycles. The van der Waals surface area contributed by atoms with Gasteiger partial charge in [-0.25, -0.2) is 0 Å². The van der Waals surface area contributed by atoms with E-state index in [0.29, 0.717) is 24.0 Å². The van der Waals surface area contributed by atoms with Crippen molar-refractivity contribution in [2.45, 2.75) is 5.60 Å². The molecule has 5 heteroatoms. The summed E-state index contributed by atoms with van der Waals surface area (Å²) in [7, 11) is 0. The highest BCUT2D eigenvalue weighted by molar-refractivity contribution is 6.32. The fourth-order valence-electron chi connectivity index (χ4n) is 2.75. The number of aromatic hydroxyl groups is 2. The summed E-state index contributed by atoms with van der Waals surface area (Å²) in [6.45, 7) is 0.826. The van der Waals surface area contributed by atoms with Gasteiger partial charge in [0.2, 0.25) is 0 Å². The molecule has 2 N–H and O–H groups in total. The van der Waals surface area contributed by atoms with Crippen molar-refractivity contribution < 1.29 is 19.7 Å². The Hall–Kier alpha value is -1.91. The molecular formula is C15H11ClO4. The van der Waals surface area contributed by atoms with Gasteiger partial charge in [-0.1, -0.05) is 11.6 Å². The van der Waals surface area contributed by atoms with E-state index in [0.717, 1.165) is 16.7 Å². The fraction of sp³-hybridized carbons (Fsp3) is 0.200. The molecule has 0 unspecified atom stereocenters. The van der Waals surface area contributed by atoms with Gasteiger partial charge in [0.25, 0.3) is 0 Å². The van der Waals surface area contributed by atoms with Crippen molar-refractivity contribution in [3.05, 3.63) is 40.9 Å². The van der Waals surface area contributed by atoms with Crippen molar-refractivity contribution in [1.29, 1.82) is 0 Å². The van der Waals surface area contributed by atoms with E-state index in [1.165, 1.54) is 0 Å². The SMILES string of the molecule is Oc1ccc2c(c1)OC1(COC1)c1cc(O)c(Cl)cc1-2. The third-order valence-electron chi connectivity index (χ3n) is 3.81. The summed E-state index contributed by atoms with van der Waals surface area (Å²) in [6, 6.07) is 8.32. The Morgan fingerprint density at radius 1 is 1.05 bits per heavy atom. The number of phenols is 2. The van der Waals surface area contributed by atoms with Gasteiger partial charge >= 0.3 is 0 Å². The maximum atomic E-state index is 9.85. The monoisotopic (exact) mass is 290 g/mol. The Morgan fingerprint density at radius 3 is 2.55 bits per heavy atom. The minimum Gasteiger partial charge on any atom is -0.508 e. The first-order valence-electron chi connectivity index (χ1n) is 6.22. The van der Waals surface area contributed by atoms with Crippen LogP contribution >= 0.6 is 11.6 Å². The molecule has 2 aromatic carbocycles. The summed E-state index contributed by atoms with van der Waals surface area (Å²) >= 11 is 6.03. The van der Waals surface area contributed by atoms with Crippen molar-refractivity contribution >= 4 is 11.6 Å². The lowest BCUT2D eigenvalue weighted by Gasteiger charge is -2.45. The van der Waals surface area contributed by atoms with Crippen molar-refractivity contribution in [2.24, 2.45) is 0 Å². The summed E-state index contributed by atoms with van der Waals surface area (Å²) in [5, 5.41) is 19.8. The van der Waals surface area contributed by atoms with Crippen molar-refractivity contribution in [3.63, 3.8) is 0 Å². The largest absolute Gasteiger partial charge is 0.508 e. The first-order valence-corrected chi connectivity index (χ1v) is 6.60. The van der Waals surface area contributed by atoms with Gasteiger partial charge in [0.15, 0.2) is 5.60 Å². The van der Waals surface area contributed by atoms with Crippen LogP contribution in [0, 0.1) is 0 Å². The number of hydrogen-bond acceptors (Lipinski definition) is 4. The normalized spacial score (nSPS) is 17.9. The Bertz CT molecular complexity index is 722.